The van der Waals surface area contributed by atoms with E-state index in [9.17, 15) is 4.79 Å². The number of urea groups is 1. The van der Waals surface area contributed by atoms with E-state index in [-0.39, 0.29) is 6.03 Å². The van der Waals surface area contributed by atoms with Crippen molar-refractivity contribution in [1.29, 1.82) is 0 Å². The van der Waals surface area contributed by atoms with Gasteiger partial charge in [0.15, 0.2) is 11.5 Å². The Balaban J connectivity index is 1.50. The number of amides is 2. The lowest BCUT2D eigenvalue weighted by Gasteiger charge is -2.38. The number of ether oxygens (including phenoxy) is 2. The summed E-state index contributed by atoms with van der Waals surface area (Å²) in [4.78, 5) is 16.9. The zero-order chi connectivity index (χ0) is 17.6. The summed E-state index contributed by atoms with van der Waals surface area (Å²) in [6.07, 6.45) is 5.35. The van der Waals surface area contributed by atoms with Gasteiger partial charge in [-0.1, -0.05) is 25.0 Å². The van der Waals surface area contributed by atoms with E-state index in [4.69, 9.17) is 9.47 Å². The van der Waals surface area contributed by atoms with Gasteiger partial charge in [0.2, 0.25) is 0 Å². The lowest BCUT2D eigenvalue weighted by atomic mass is 10.1. The van der Waals surface area contributed by atoms with Crippen molar-refractivity contribution in [3.05, 3.63) is 23.8 Å². The molecule has 2 fully saturated rings. The highest BCUT2D eigenvalue weighted by molar-refractivity contribution is 5.74. The second-order valence-electron chi connectivity index (χ2n) is 6.77. The molecule has 1 aromatic rings. The van der Waals surface area contributed by atoms with E-state index in [1.165, 1.54) is 25.7 Å². The fourth-order valence-electron chi connectivity index (χ4n) is 3.94. The average Bonchev–Trinajstić information content (AvgIpc) is 3.20. The largest absolute Gasteiger partial charge is 0.493 e. The van der Waals surface area contributed by atoms with Gasteiger partial charge in [-0.15, -0.1) is 0 Å². The topological polar surface area (TPSA) is 54.0 Å². The number of rotatable bonds is 5. The van der Waals surface area contributed by atoms with Crippen molar-refractivity contribution in [3.8, 4) is 11.5 Å². The molecule has 0 unspecified atom stereocenters. The normalized spacial score (nSPS) is 19.0. The molecule has 1 aromatic carbocycles. The summed E-state index contributed by atoms with van der Waals surface area (Å²) in [5, 5.41) is 3.01. The Morgan fingerprint density at radius 2 is 1.84 bits per heavy atom. The molecule has 0 bridgehead atoms. The highest BCUT2D eigenvalue weighted by atomic mass is 16.5. The number of hydrogen-bond acceptors (Lipinski definition) is 4. The Morgan fingerprint density at radius 3 is 2.48 bits per heavy atom. The van der Waals surface area contributed by atoms with Gasteiger partial charge in [-0.25, -0.2) is 4.79 Å². The van der Waals surface area contributed by atoms with Crippen LogP contribution in [-0.4, -0.2) is 62.3 Å². The first-order valence-corrected chi connectivity index (χ1v) is 9.19. The van der Waals surface area contributed by atoms with Gasteiger partial charge in [0.05, 0.1) is 14.2 Å². The second kappa shape index (κ2) is 8.43. The molecule has 0 atom stereocenters. The van der Waals surface area contributed by atoms with Crippen molar-refractivity contribution in [2.45, 2.75) is 38.3 Å². The van der Waals surface area contributed by atoms with Gasteiger partial charge in [0, 0.05) is 44.3 Å². The molecule has 3 rings (SSSR count). The van der Waals surface area contributed by atoms with Crippen LogP contribution in [0, 0.1) is 0 Å². The molecular weight excluding hydrogens is 318 g/mol. The molecule has 1 heterocycles. The highest BCUT2D eigenvalue weighted by Crippen LogP contribution is 2.30. The molecule has 0 aromatic heterocycles. The fraction of sp³-hybridized carbons (Fsp3) is 0.632. The van der Waals surface area contributed by atoms with Crippen LogP contribution in [0.3, 0.4) is 0 Å². The van der Waals surface area contributed by atoms with Crippen molar-refractivity contribution in [2.24, 2.45) is 0 Å². The third-order valence-electron chi connectivity index (χ3n) is 5.36. The van der Waals surface area contributed by atoms with Gasteiger partial charge < -0.3 is 19.7 Å². The van der Waals surface area contributed by atoms with Crippen molar-refractivity contribution in [2.75, 3.05) is 40.4 Å². The quantitative estimate of drug-likeness (QED) is 0.889. The molecule has 6 nitrogen and oxygen atoms in total. The number of benzene rings is 1. The van der Waals surface area contributed by atoms with Gasteiger partial charge in [-0.3, -0.25) is 4.90 Å². The standard InChI is InChI=1S/C19H29N3O3/c1-24-17-9-5-6-15(18(17)25-2)14-20-19(23)22-12-10-21(11-13-22)16-7-3-4-8-16/h5-6,9,16H,3-4,7-8,10-14H2,1-2H3,(H,20,23). The third kappa shape index (κ3) is 4.18. The summed E-state index contributed by atoms with van der Waals surface area (Å²) < 4.78 is 10.7. The number of hydrogen-bond donors (Lipinski definition) is 1. The number of carbonyl (C=O) groups is 1. The van der Waals surface area contributed by atoms with Crippen molar-refractivity contribution in [1.82, 2.24) is 15.1 Å². The zero-order valence-corrected chi connectivity index (χ0v) is 15.3. The number of para-hydroxylation sites is 1. The summed E-state index contributed by atoms with van der Waals surface area (Å²) in [6.45, 7) is 4.01. The van der Waals surface area contributed by atoms with Crippen LogP contribution in [-0.2, 0) is 6.54 Å². The van der Waals surface area contributed by atoms with Crippen LogP contribution in [0.15, 0.2) is 18.2 Å². The zero-order valence-electron chi connectivity index (χ0n) is 15.3. The molecule has 1 aliphatic heterocycles. The molecule has 138 valence electrons. The van der Waals surface area contributed by atoms with Gasteiger partial charge in [-0.05, 0) is 18.9 Å². The smallest absolute Gasteiger partial charge is 0.317 e. The molecule has 2 amide bonds. The second-order valence-corrected chi connectivity index (χ2v) is 6.77. The van der Waals surface area contributed by atoms with E-state index in [1.54, 1.807) is 14.2 Å². The van der Waals surface area contributed by atoms with Crippen LogP contribution in [0.25, 0.3) is 0 Å². The molecule has 0 spiro atoms. The molecule has 1 aliphatic carbocycles. The van der Waals surface area contributed by atoms with E-state index in [0.717, 1.165) is 37.8 Å². The molecule has 6 heteroatoms. The Labute approximate surface area is 150 Å². The van der Waals surface area contributed by atoms with Gasteiger partial charge in [0.25, 0.3) is 0 Å². The third-order valence-corrected chi connectivity index (χ3v) is 5.36. The number of carbonyl (C=O) groups excluding carboxylic acids is 1. The molecule has 1 saturated carbocycles. The highest BCUT2D eigenvalue weighted by Gasteiger charge is 2.27. The van der Waals surface area contributed by atoms with Crippen molar-refractivity contribution < 1.29 is 14.3 Å². The number of piperazine rings is 1. The maximum Gasteiger partial charge on any atom is 0.317 e. The van der Waals surface area contributed by atoms with Crippen LogP contribution in [0.1, 0.15) is 31.2 Å². The molecule has 2 aliphatic rings. The van der Waals surface area contributed by atoms with Gasteiger partial charge in [0.1, 0.15) is 0 Å². The minimum Gasteiger partial charge on any atom is -0.493 e. The first-order chi connectivity index (χ1) is 12.2. The summed E-state index contributed by atoms with van der Waals surface area (Å²) in [5.41, 5.74) is 0.916. The Bertz CT molecular complexity index is 579. The summed E-state index contributed by atoms with van der Waals surface area (Å²) in [6, 6.07) is 6.44. The van der Waals surface area contributed by atoms with Crippen LogP contribution >= 0.6 is 0 Å². The Kier molecular flexibility index (Phi) is 6.02. The Morgan fingerprint density at radius 1 is 1.12 bits per heavy atom. The monoisotopic (exact) mass is 347 g/mol. The van der Waals surface area contributed by atoms with Gasteiger partial charge in [-0.2, -0.15) is 0 Å². The van der Waals surface area contributed by atoms with Crippen molar-refractivity contribution >= 4 is 6.03 Å². The first-order valence-electron chi connectivity index (χ1n) is 9.19. The number of nitrogens with zero attached hydrogens (tertiary/aromatic N) is 2. The summed E-state index contributed by atoms with van der Waals surface area (Å²) >= 11 is 0. The van der Waals surface area contributed by atoms with Crippen LogP contribution < -0.4 is 14.8 Å². The number of nitrogens with one attached hydrogen (secondary N) is 1. The molecular formula is C19H29N3O3. The summed E-state index contributed by atoms with van der Waals surface area (Å²) in [7, 11) is 3.23. The lowest BCUT2D eigenvalue weighted by molar-refractivity contribution is 0.109. The first kappa shape index (κ1) is 17.9. The minimum absolute atomic E-state index is 0.00375. The molecule has 1 N–H and O–H groups in total. The maximum absolute atomic E-state index is 12.5. The van der Waals surface area contributed by atoms with Crippen LogP contribution in [0.2, 0.25) is 0 Å². The molecule has 0 radical (unpaired) electrons. The fourth-order valence-corrected chi connectivity index (χ4v) is 3.94. The van der Waals surface area contributed by atoms with E-state index in [2.05, 4.69) is 10.2 Å². The lowest BCUT2D eigenvalue weighted by Crippen LogP contribution is -2.53. The predicted molar refractivity (Wildman–Crippen MR) is 97.2 cm³/mol. The van der Waals surface area contributed by atoms with E-state index < -0.39 is 0 Å². The van der Waals surface area contributed by atoms with E-state index >= 15 is 0 Å². The van der Waals surface area contributed by atoms with Gasteiger partial charge >= 0.3 is 6.03 Å². The average molecular weight is 347 g/mol. The van der Waals surface area contributed by atoms with Crippen LogP contribution in [0.4, 0.5) is 4.79 Å². The summed E-state index contributed by atoms with van der Waals surface area (Å²) in [5.74, 6) is 1.36. The van der Waals surface area contributed by atoms with Crippen LogP contribution in [0.5, 0.6) is 11.5 Å². The SMILES string of the molecule is COc1cccc(CNC(=O)N2CCN(C3CCCC3)CC2)c1OC. The maximum atomic E-state index is 12.5. The Hall–Kier alpha value is -1.95. The van der Waals surface area contributed by atoms with E-state index in [0.29, 0.717) is 18.0 Å². The predicted octanol–water partition coefficient (Wildman–Crippen LogP) is 2.47. The van der Waals surface area contributed by atoms with E-state index in [1.807, 2.05) is 23.1 Å². The molecule has 25 heavy (non-hydrogen) atoms. The van der Waals surface area contributed by atoms with Crippen molar-refractivity contribution in [3.63, 3.8) is 0 Å². The molecule has 1 saturated heterocycles. The number of methoxy groups -OCH3 is 2. The minimum atomic E-state index is -0.00375.